The quantitative estimate of drug-likeness (QED) is 0.605. The second-order valence-corrected chi connectivity index (χ2v) is 8.02. The lowest BCUT2D eigenvalue weighted by Gasteiger charge is -2.47. The van der Waals surface area contributed by atoms with Gasteiger partial charge in [-0.3, -0.25) is 0 Å². The first-order valence-electron chi connectivity index (χ1n) is 7.95. The van der Waals surface area contributed by atoms with Gasteiger partial charge in [-0.05, 0) is 67.0 Å². The summed E-state index contributed by atoms with van der Waals surface area (Å²) in [6.07, 6.45) is 12.1. The first-order valence-corrected chi connectivity index (χ1v) is 8.74. The fourth-order valence-electron chi connectivity index (χ4n) is 3.66. The van der Waals surface area contributed by atoms with Gasteiger partial charge in [0, 0.05) is 4.47 Å². The van der Waals surface area contributed by atoms with Crippen LogP contribution in [0.3, 0.4) is 0 Å². The SMILES string of the molecule is CC1(C)CCCC2(C)OC(/C=C/c3ccc(Br)cc3)=CC=C12. The monoisotopic (exact) mass is 358 g/mol. The zero-order valence-electron chi connectivity index (χ0n) is 13.5. The van der Waals surface area contributed by atoms with Crippen LogP contribution >= 0.6 is 15.9 Å². The largest absolute Gasteiger partial charge is 0.483 e. The van der Waals surface area contributed by atoms with Crippen LogP contribution in [0.25, 0.3) is 6.08 Å². The molecule has 0 spiro atoms. The minimum atomic E-state index is -0.143. The summed E-state index contributed by atoms with van der Waals surface area (Å²) in [4.78, 5) is 0. The van der Waals surface area contributed by atoms with Crippen molar-refractivity contribution in [2.75, 3.05) is 0 Å². The molecule has 1 atom stereocenters. The maximum Gasteiger partial charge on any atom is 0.128 e. The molecule has 0 amide bonds. The van der Waals surface area contributed by atoms with Crippen LogP contribution < -0.4 is 0 Å². The van der Waals surface area contributed by atoms with E-state index in [1.807, 2.05) is 0 Å². The average molecular weight is 359 g/mol. The minimum absolute atomic E-state index is 0.143. The molecule has 1 aliphatic heterocycles. The molecular formula is C20H23BrO. The lowest BCUT2D eigenvalue weighted by Crippen LogP contribution is -2.42. The van der Waals surface area contributed by atoms with E-state index in [9.17, 15) is 0 Å². The lowest BCUT2D eigenvalue weighted by atomic mass is 9.65. The number of hydrogen-bond donors (Lipinski definition) is 0. The van der Waals surface area contributed by atoms with Gasteiger partial charge >= 0.3 is 0 Å². The molecule has 1 aliphatic carbocycles. The fourth-order valence-corrected chi connectivity index (χ4v) is 3.93. The van der Waals surface area contributed by atoms with Crippen molar-refractivity contribution < 1.29 is 4.74 Å². The Labute approximate surface area is 141 Å². The highest BCUT2D eigenvalue weighted by Gasteiger charge is 2.44. The van der Waals surface area contributed by atoms with E-state index in [4.69, 9.17) is 4.74 Å². The Morgan fingerprint density at radius 1 is 1.00 bits per heavy atom. The maximum absolute atomic E-state index is 6.36. The van der Waals surface area contributed by atoms with Crippen molar-refractivity contribution in [2.24, 2.45) is 5.41 Å². The van der Waals surface area contributed by atoms with Crippen molar-refractivity contribution >= 4 is 22.0 Å². The van der Waals surface area contributed by atoms with E-state index < -0.39 is 0 Å². The Kier molecular flexibility index (Phi) is 4.07. The Bertz CT molecular complexity index is 649. The van der Waals surface area contributed by atoms with Crippen LogP contribution in [0.2, 0.25) is 0 Å². The molecule has 0 aromatic heterocycles. The number of ether oxygens (including phenoxy) is 1. The summed E-state index contributed by atoms with van der Waals surface area (Å²) in [5, 5.41) is 0. The van der Waals surface area contributed by atoms with Crippen LogP contribution in [-0.2, 0) is 4.74 Å². The number of halogens is 1. The molecule has 22 heavy (non-hydrogen) atoms. The highest BCUT2D eigenvalue weighted by Crippen LogP contribution is 2.49. The van der Waals surface area contributed by atoms with Gasteiger partial charge in [-0.15, -0.1) is 0 Å². The smallest absolute Gasteiger partial charge is 0.128 e. The van der Waals surface area contributed by atoms with E-state index in [-0.39, 0.29) is 11.0 Å². The summed E-state index contributed by atoms with van der Waals surface area (Å²) in [7, 11) is 0. The van der Waals surface area contributed by atoms with E-state index >= 15 is 0 Å². The zero-order chi connectivity index (χ0) is 15.8. The van der Waals surface area contributed by atoms with E-state index in [1.165, 1.54) is 24.0 Å². The molecule has 0 saturated heterocycles. The normalized spacial score (nSPS) is 26.9. The van der Waals surface area contributed by atoms with Crippen LogP contribution in [0.4, 0.5) is 0 Å². The molecule has 0 N–H and O–H groups in total. The summed E-state index contributed by atoms with van der Waals surface area (Å²) in [5.74, 6) is 0.951. The average Bonchev–Trinajstić information content (AvgIpc) is 2.45. The van der Waals surface area contributed by atoms with Crippen molar-refractivity contribution in [1.82, 2.24) is 0 Å². The van der Waals surface area contributed by atoms with Gasteiger partial charge in [0.1, 0.15) is 11.4 Å². The summed E-state index contributed by atoms with van der Waals surface area (Å²) < 4.78 is 7.46. The zero-order valence-corrected chi connectivity index (χ0v) is 15.1. The summed E-state index contributed by atoms with van der Waals surface area (Å²) in [5.41, 5.74) is 2.71. The first-order chi connectivity index (χ1) is 10.4. The number of hydrogen-bond acceptors (Lipinski definition) is 1. The molecule has 1 unspecified atom stereocenters. The first kappa shape index (κ1) is 15.6. The molecule has 116 valence electrons. The molecule has 2 heteroatoms. The third-order valence-electron chi connectivity index (χ3n) is 4.82. The molecule has 1 nitrogen and oxygen atoms in total. The number of fused-ring (bicyclic) bond motifs is 1. The van der Waals surface area contributed by atoms with Crippen LogP contribution in [0.15, 0.2) is 58.3 Å². The van der Waals surface area contributed by atoms with E-state index in [2.05, 4.69) is 85.3 Å². The van der Waals surface area contributed by atoms with Gasteiger partial charge < -0.3 is 4.74 Å². The third-order valence-corrected chi connectivity index (χ3v) is 5.35. The molecule has 3 rings (SSSR count). The number of allylic oxidation sites excluding steroid dienone is 3. The van der Waals surface area contributed by atoms with Gasteiger partial charge in [-0.25, -0.2) is 0 Å². The van der Waals surface area contributed by atoms with Gasteiger partial charge in [0.15, 0.2) is 0 Å². The van der Waals surface area contributed by atoms with Crippen molar-refractivity contribution in [3.8, 4) is 0 Å². The number of benzene rings is 1. The Balaban J connectivity index is 1.83. The molecular weight excluding hydrogens is 336 g/mol. The molecule has 1 aromatic rings. The van der Waals surface area contributed by atoms with Crippen molar-refractivity contribution in [1.29, 1.82) is 0 Å². The molecule has 1 aromatic carbocycles. The van der Waals surface area contributed by atoms with Gasteiger partial charge in [0.05, 0.1) is 0 Å². The summed E-state index contributed by atoms with van der Waals surface area (Å²) in [6, 6.07) is 8.30. The molecule has 0 radical (unpaired) electrons. The highest BCUT2D eigenvalue weighted by atomic mass is 79.9. The van der Waals surface area contributed by atoms with Gasteiger partial charge in [-0.2, -0.15) is 0 Å². The Morgan fingerprint density at radius 2 is 1.73 bits per heavy atom. The highest BCUT2D eigenvalue weighted by molar-refractivity contribution is 9.10. The lowest BCUT2D eigenvalue weighted by molar-refractivity contribution is 0.00705. The third kappa shape index (κ3) is 3.08. The van der Waals surface area contributed by atoms with Gasteiger partial charge in [0.25, 0.3) is 0 Å². The van der Waals surface area contributed by atoms with E-state index in [0.29, 0.717) is 0 Å². The molecule has 1 saturated carbocycles. The standard InChI is InChI=1S/C20H23BrO/c1-19(2)13-4-14-20(3)18(19)12-11-17(22-20)10-7-15-5-8-16(21)9-6-15/h5-12H,4,13-14H2,1-3H3/b10-7+. The topological polar surface area (TPSA) is 9.23 Å². The van der Waals surface area contributed by atoms with E-state index in [0.717, 1.165) is 16.7 Å². The predicted octanol–water partition coefficient (Wildman–Crippen LogP) is 6.27. The van der Waals surface area contributed by atoms with Gasteiger partial charge in [-0.1, -0.05) is 54.1 Å². The van der Waals surface area contributed by atoms with Crippen molar-refractivity contribution in [2.45, 2.75) is 45.6 Å². The Morgan fingerprint density at radius 3 is 2.45 bits per heavy atom. The minimum Gasteiger partial charge on any atom is -0.483 e. The molecule has 1 heterocycles. The molecule has 0 bridgehead atoms. The van der Waals surface area contributed by atoms with Crippen LogP contribution in [0.5, 0.6) is 0 Å². The van der Waals surface area contributed by atoms with Crippen LogP contribution in [0, 0.1) is 5.41 Å². The van der Waals surface area contributed by atoms with Crippen LogP contribution in [-0.4, -0.2) is 5.60 Å². The van der Waals surface area contributed by atoms with Crippen molar-refractivity contribution in [3.63, 3.8) is 0 Å². The number of rotatable bonds is 2. The Hall–Kier alpha value is -1.28. The maximum atomic E-state index is 6.36. The van der Waals surface area contributed by atoms with E-state index in [1.54, 1.807) is 0 Å². The second-order valence-electron chi connectivity index (χ2n) is 7.10. The summed E-state index contributed by atoms with van der Waals surface area (Å²) >= 11 is 3.46. The summed E-state index contributed by atoms with van der Waals surface area (Å²) in [6.45, 7) is 6.90. The predicted molar refractivity (Wildman–Crippen MR) is 96.5 cm³/mol. The molecule has 1 fully saturated rings. The molecule has 2 aliphatic rings. The van der Waals surface area contributed by atoms with Crippen LogP contribution in [0.1, 0.15) is 45.6 Å². The fraction of sp³-hybridized carbons (Fsp3) is 0.400. The van der Waals surface area contributed by atoms with Crippen molar-refractivity contribution in [3.05, 3.63) is 63.9 Å². The van der Waals surface area contributed by atoms with Gasteiger partial charge in [0.2, 0.25) is 0 Å². The second kappa shape index (κ2) is 5.73.